The van der Waals surface area contributed by atoms with Crippen molar-refractivity contribution in [1.82, 2.24) is 0 Å². The molecule has 2 aromatic carbocycles. The Hall–Kier alpha value is -0.400. The van der Waals surface area contributed by atoms with Gasteiger partial charge < -0.3 is 0 Å². The maximum Gasteiger partial charge on any atom is 0.295 e. The molecular formula is C16H10N2Na2O6S4. The van der Waals surface area contributed by atoms with E-state index in [1.807, 2.05) is 0 Å². The molecule has 0 saturated heterocycles. The zero-order valence-electron chi connectivity index (χ0n) is 15.7. The van der Waals surface area contributed by atoms with Crippen LogP contribution in [-0.4, -0.2) is 95.4 Å². The van der Waals surface area contributed by atoms with Gasteiger partial charge in [0.05, 0.1) is 21.7 Å². The molecule has 0 unspecified atom stereocenters. The Morgan fingerprint density at radius 2 is 1.07 bits per heavy atom. The van der Waals surface area contributed by atoms with Crippen LogP contribution in [-0.2, 0) is 20.2 Å². The molecule has 8 nitrogen and oxygen atoms in total. The van der Waals surface area contributed by atoms with E-state index in [1.54, 1.807) is 0 Å². The normalized spacial score (nSPS) is 10.9. The summed E-state index contributed by atoms with van der Waals surface area (Å²) < 4.78 is 65.4. The molecule has 0 bridgehead atoms. The van der Waals surface area contributed by atoms with Gasteiger partial charge in [0, 0.05) is 59.1 Å². The zero-order valence-corrected chi connectivity index (χ0v) is 22.9. The van der Waals surface area contributed by atoms with E-state index >= 15 is 0 Å². The van der Waals surface area contributed by atoms with Crippen LogP contribution in [0.25, 0.3) is 12.2 Å². The van der Waals surface area contributed by atoms with Crippen LogP contribution in [0, 0.1) is 0 Å². The Morgan fingerprint density at radius 3 is 1.33 bits per heavy atom. The van der Waals surface area contributed by atoms with Gasteiger partial charge in [-0.2, -0.15) is 26.8 Å². The second-order valence-electron chi connectivity index (χ2n) is 5.13. The number of hydrogen-bond acceptors (Lipinski definition) is 8. The van der Waals surface area contributed by atoms with Crippen LogP contribution >= 0.6 is 24.4 Å². The average molecular weight is 501 g/mol. The first-order chi connectivity index (χ1) is 13.1. The van der Waals surface area contributed by atoms with Crippen molar-refractivity contribution < 1.29 is 25.9 Å². The van der Waals surface area contributed by atoms with Crippen LogP contribution in [0.5, 0.6) is 0 Å². The van der Waals surface area contributed by atoms with E-state index in [0.29, 0.717) is 0 Å². The predicted octanol–water partition coefficient (Wildman–Crippen LogP) is 3.06. The van der Waals surface area contributed by atoms with Crippen molar-refractivity contribution in [3.63, 3.8) is 0 Å². The minimum absolute atomic E-state index is 0. The molecule has 0 atom stereocenters. The molecule has 0 fully saturated rings. The summed E-state index contributed by atoms with van der Waals surface area (Å²) in [5, 5.41) is 4.16. The standard InChI is InChI=1S/C16H10N2O6S4.2Na/c19-27(20,21)15-7-13(17-9-25)5-3-11(15)1-2-12-4-6-14(18-10-26)8-16(12)28(22,23)24;;/h1-8H,(H,19,20,21)(H,22,23,24);;. The minimum Gasteiger partial charge on any atom is -0.282 e. The first kappa shape index (κ1) is 29.6. The maximum atomic E-state index is 11.6. The molecule has 2 N–H and O–H groups in total. The second kappa shape index (κ2) is 12.6. The third-order valence-corrected chi connectivity index (χ3v) is 5.34. The Balaban J connectivity index is 0.00000420. The van der Waals surface area contributed by atoms with Crippen molar-refractivity contribution >= 4 is 138 Å². The Morgan fingerprint density at radius 1 is 0.733 bits per heavy atom. The van der Waals surface area contributed by atoms with E-state index in [4.69, 9.17) is 0 Å². The van der Waals surface area contributed by atoms with Crippen molar-refractivity contribution in [3.05, 3.63) is 47.5 Å². The molecule has 0 heterocycles. The molecular weight excluding hydrogens is 490 g/mol. The van der Waals surface area contributed by atoms with Gasteiger partial charge >= 0.3 is 0 Å². The summed E-state index contributed by atoms with van der Waals surface area (Å²) in [7, 11) is -9.21. The number of rotatable bonds is 6. The summed E-state index contributed by atoms with van der Waals surface area (Å²) in [6.45, 7) is 0. The maximum absolute atomic E-state index is 11.6. The fraction of sp³-hybridized carbons (Fsp3) is 0. The van der Waals surface area contributed by atoms with Crippen LogP contribution in [0.15, 0.2) is 56.2 Å². The molecule has 14 heteroatoms. The van der Waals surface area contributed by atoms with Crippen molar-refractivity contribution in [2.75, 3.05) is 0 Å². The number of benzene rings is 2. The summed E-state index contributed by atoms with van der Waals surface area (Å²) in [6.07, 6.45) is 2.50. The van der Waals surface area contributed by atoms with E-state index < -0.39 is 30.0 Å². The van der Waals surface area contributed by atoms with Crippen LogP contribution in [0.1, 0.15) is 11.1 Å². The SMILES string of the molecule is O=S(=O)(O)c1cc(N=C=S)ccc1C=Cc1ccc(N=C=S)cc1S(=O)(=O)O.[Na].[Na]. The van der Waals surface area contributed by atoms with Gasteiger partial charge in [0.25, 0.3) is 20.2 Å². The van der Waals surface area contributed by atoms with E-state index in [1.165, 1.54) is 36.4 Å². The number of aliphatic imine (C=N–C) groups is 2. The molecule has 0 saturated carbocycles. The van der Waals surface area contributed by atoms with E-state index in [-0.39, 0.29) is 81.6 Å². The summed E-state index contributed by atoms with van der Waals surface area (Å²) >= 11 is 8.91. The summed E-state index contributed by atoms with van der Waals surface area (Å²) in [5.41, 5.74) is 0.405. The first-order valence-corrected chi connectivity index (χ1v) is 10.8. The second-order valence-corrected chi connectivity index (χ2v) is 8.28. The molecule has 0 amide bonds. The fourth-order valence-electron chi connectivity index (χ4n) is 2.19. The van der Waals surface area contributed by atoms with E-state index in [9.17, 15) is 25.9 Å². The smallest absolute Gasteiger partial charge is 0.282 e. The Labute approximate surface area is 228 Å². The first-order valence-electron chi connectivity index (χ1n) is 7.13. The molecule has 0 aliphatic rings. The van der Waals surface area contributed by atoms with Crippen LogP contribution in [0.2, 0.25) is 0 Å². The topological polar surface area (TPSA) is 133 Å². The van der Waals surface area contributed by atoms with Crippen molar-refractivity contribution in [3.8, 4) is 0 Å². The summed E-state index contributed by atoms with van der Waals surface area (Å²) in [4.78, 5) is 6.35. The molecule has 0 spiro atoms. The molecule has 30 heavy (non-hydrogen) atoms. The van der Waals surface area contributed by atoms with Gasteiger partial charge in [0.2, 0.25) is 0 Å². The molecule has 2 rings (SSSR count). The van der Waals surface area contributed by atoms with Gasteiger partial charge in [-0.1, -0.05) is 24.3 Å². The molecule has 0 aromatic heterocycles. The Bertz CT molecular complexity index is 1180. The minimum atomic E-state index is -4.61. The van der Waals surface area contributed by atoms with Gasteiger partial charge in [-0.05, 0) is 59.8 Å². The van der Waals surface area contributed by atoms with Gasteiger partial charge in [0.1, 0.15) is 9.79 Å². The quantitative estimate of drug-likeness (QED) is 0.203. The fourth-order valence-corrected chi connectivity index (χ4v) is 3.81. The predicted molar refractivity (Wildman–Crippen MR) is 122 cm³/mol. The molecule has 2 radical (unpaired) electrons. The molecule has 0 aliphatic heterocycles. The molecule has 0 aliphatic carbocycles. The van der Waals surface area contributed by atoms with Gasteiger partial charge in [-0.3, -0.25) is 9.11 Å². The Kier molecular flexibility index (Phi) is 12.4. The zero-order chi connectivity index (χ0) is 20.9. The van der Waals surface area contributed by atoms with Crippen LogP contribution < -0.4 is 0 Å². The largest absolute Gasteiger partial charge is 0.295 e. The van der Waals surface area contributed by atoms with Crippen molar-refractivity contribution in [2.45, 2.75) is 9.79 Å². The number of thiocarbonyl (C=S) groups is 2. The van der Waals surface area contributed by atoms with Gasteiger partial charge in [-0.25, -0.2) is 0 Å². The van der Waals surface area contributed by atoms with E-state index in [0.717, 1.165) is 12.1 Å². The van der Waals surface area contributed by atoms with Crippen molar-refractivity contribution in [1.29, 1.82) is 0 Å². The van der Waals surface area contributed by atoms with Gasteiger partial charge in [0.15, 0.2) is 0 Å². The average Bonchev–Trinajstić information content (AvgIpc) is 2.60. The van der Waals surface area contributed by atoms with Gasteiger partial charge in [-0.15, -0.1) is 0 Å². The molecule has 146 valence electrons. The summed E-state index contributed by atoms with van der Waals surface area (Å²) in [6, 6.07) is 7.68. The number of hydrogen-bond donors (Lipinski definition) is 2. The number of isothiocyanates is 2. The number of nitrogens with zero attached hydrogens (tertiary/aromatic N) is 2. The monoisotopic (exact) mass is 500 g/mol. The van der Waals surface area contributed by atoms with Crippen LogP contribution in [0.3, 0.4) is 0 Å². The summed E-state index contributed by atoms with van der Waals surface area (Å²) in [5.74, 6) is 0. The van der Waals surface area contributed by atoms with Crippen molar-refractivity contribution in [2.24, 2.45) is 9.98 Å². The third kappa shape index (κ3) is 8.27. The van der Waals surface area contributed by atoms with E-state index in [2.05, 4.69) is 44.7 Å². The third-order valence-electron chi connectivity index (χ3n) is 3.34. The van der Waals surface area contributed by atoms with Crippen LogP contribution in [0.4, 0.5) is 11.4 Å². The molecule has 2 aromatic rings.